The quantitative estimate of drug-likeness (QED) is 0.119. The zero-order valence-corrected chi connectivity index (χ0v) is 20.7. The molecule has 9 N–H and O–H groups in total. The fourth-order valence-corrected chi connectivity index (χ4v) is 4.03. The van der Waals surface area contributed by atoms with Crippen molar-refractivity contribution in [3.63, 3.8) is 0 Å². The van der Waals surface area contributed by atoms with Crippen LogP contribution in [0.15, 0.2) is 0 Å². The first kappa shape index (κ1) is 31.6. The van der Waals surface area contributed by atoms with Crippen molar-refractivity contribution >= 4 is 23.7 Å². The van der Waals surface area contributed by atoms with Crippen molar-refractivity contribution in [2.75, 3.05) is 6.61 Å². The molecule has 0 bridgehead atoms. The van der Waals surface area contributed by atoms with E-state index in [9.17, 15) is 49.8 Å². The van der Waals surface area contributed by atoms with Crippen LogP contribution < -0.4 is 16.0 Å². The lowest BCUT2D eigenvalue weighted by atomic mass is 9.87. The van der Waals surface area contributed by atoms with Crippen LogP contribution in [0.1, 0.15) is 41.0 Å². The van der Waals surface area contributed by atoms with E-state index in [1.807, 2.05) is 0 Å². The number of hydrogen-bond acceptors (Lipinski definition) is 11. The van der Waals surface area contributed by atoms with Gasteiger partial charge in [-0.05, 0) is 13.8 Å². The van der Waals surface area contributed by atoms with Crippen LogP contribution in [0.25, 0.3) is 0 Å². The summed E-state index contributed by atoms with van der Waals surface area (Å²) in [6.07, 6.45) is -10.6. The van der Waals surface area contributed by atoms with Crippen LogP contribution in [0, 0.1) is 0 Å². The molecular formula is C21H37N3O12. The van der Waals surface area contributed by atoms with Gasteiger partial charge in [0.05, 0.1) is 43.0 Å². The van der Waals surface area contributed by atoms with E-state index in [1.165, 1.54) is 6.92 Å². The maximum atomic E-state index is 12.5. The molecule has 1 heterocycles. The Bertz CT molecular complexity index is 776. The lowest BCUT2D eigenvalue weighted by Gasteiger charge is -2.49. The van der Waals surface area contributed by atoms with Gasteiger partial charge in [-0.3, -0.25) is 14.4 Å². The average Bonchev–Trinajstić information content (AvgIpc) is 2.74. The van der Waals surface area contributed by atoms with Crippen LogP contribution in [0.2, 0.25) is 0 Å². The predicted octanol–water partition coefficient (Wildman–Crippen LogP) is -4.07. The molecule has 15 nitrogen and oxygen atoms in total. The molecular weight excluding hydrogens is 486 g/mol. The van der Waals surface area contributed by atoms with Crippen molar-refractivity contribution in [1.29, 1.82) is 0 Å². The van der Waals surface area contributed by atoms with Crippen LogP contribution in [0.5, 0.6) is 0 Å². The van der Waals surface area contributed by atoms with E-state index in [4.69, 9.17) is 9.47 Å². The van der Waals surface area contributed by atoms with Gasteiger partial charge in [0.1, 0.15) is 18.3 Å². The minimum Gasteiger partial charge on any atom is -0.477 e. The lowest BCUT2D eigenvalue weighted by molar-refractivity contribution is -0.325. The van der Waals surface area contributed by atoms with Gasteiger partial charge < -0.3 is 56.1 Å². The van der Waals surface area contributed by atoms with Crippen molar-refractivity contribution in [2.45, 2.75) is 102 Å². The highest BCUT2D eigenvalue weighted by Gasteiger charge is 2.57. The zero-order valence-electron chi connectivity index (χ0n) is 20.7. The van der Waals surface area contributed by atoms with Gasteiger partial charge in [0.25, 0.3) is 5.79 Å². The molecule has 0 aromatic heterocycles. The summed E-state index contributed by atoms with van der Waals surface area (Å²) in [7, 11) is 0. The van der Waals surface area contributed by atoms with Crippen molar-refractivity contribution in [1.82, 2.24) is 16.0 Å². The number of amides is 3. The SMILES string of the molecule is CC(=O)N[C@H]([C@@H]1O[C@@](O[C@H]([C@H](O)[C@H](C)O)[C@@H](CO)NC(C)=O)(C(=O)O)C[C@H](O)[C@@H]1NC(C)=O)[C@H](C)O. The highest BCUT2D eigenvalue weighted by molar-refractivity contribution is 5.77. The normalized spacial score (nSPS) is 29.1. The van der Waals surface area contributed by atoms with Crippen molar-refractivity contribution < 1.29 is 59.3 Å². The van der Waals surface area contributed by atoms with E-state index in [0.717, 1.165) is 27.7 Å². The Kier molecular flexibility index (Phi) is 11.6. The first-order valence-electron chi connectivity index (χ1n) is 11.3. The number of carbonyl (C=O) groups is 4. The molecule has 0 aromatic carbocycles. The third kappa shape index (κ3) is 8.06. The van der Waals surface area contributed by atoms with Crippen LogP contribution in [0.3, 0.4) is 0 Å². The second-order valence-electron chi connectivity index (χ2n) is 8.91. The van der Waals surface area contributed by atoms with Crippen LogP contribution >= 0.6 is 0 Å². The Morgan fingerprint density at radius 3 is 1.94 bits per heavy atom. The third-order valence-corrected chi connectivity index (χ3v) is 5.65. The molecule has 208 valence electrons. The van der Waals surface area contributed by atoms with Gasteiger partial charge in [-0.1, -0.05) is 0 Å². The maximum absolute atomic E-state index is 12.5. The van der Waals surface area contributed by atoms with Crippen LogP contribution in [0.4, 0.5) is 0 Å². The molecule has 0 radical (unpaired) electrons. The Morgan fingerprint density at radius 2 is 1.56 bits per heavy atom. The van der Waals surface area contributed by atoms with E-state index in [1.54, 1.807) is 0 Å². The molecule has 36 heavy (non-hydrogen) atoms. The smallest absolute Gasteiger partial charge is 0.364 e. The number of rotatable bonds is 12. The van der Waals surface area contributed by atoms with Crippen LogP contribution in [-0.4, -0.2) is 121 Å². The lowest BCUT2D eigenvalue weighted by Crippen LogP contribution is -2.71. The molecule has 0 aliphatic carbocycles. The molecule has 1 saturated heterocycles. The molecule has 0 aromatic rings. The molecule has 10 atom stereocenters. The summed E-state index contributed by atoms with van der Waals surface area (Å²) in [6.45, 7) is 4.92. The summed E-state index contributed by atoms with van der Waals surface area (Å²) in [4.78, 5) is 47.7. The fourth-order valence-electron chi connectivity index (χ4n) is 4.03. The summed E-state index contributed by atoms with van der Waals surface area (Å²) in [5.74, 6) is -6.52. The molecule has 0 spiro atoms. The van der Waals surface area contributed by atoms with Crippen molar-refractivity contribution in [2.24, 2.45) is 0 Å². The number of carboxylic acids is 1. The van der Waals surface area contributed by atoms with E-state index < -0.39 is 97.3 Å². The fraction of sp³-hybridized carbons (Fsp3) is 0.810. The van der Waals surface area contributed by atoms with Gasteiger partial charge in [-0.2, -0.15) is 0 Å². The minimum absolute atomic E-state index is 0.628. The average molecular weight is 524 g/mol. The first-order valence-corrected chi connectivity index (χ1v) is 11.3. The minimum atomic E-state index is -2.78. The van der Waals surface area contributed by atoms with Gasteiger partial charge in [0, 0.05) is 27.2 Å². The Hall–Kier alpha value is -2.40. The number of carboxylic acid groups (broad SMARTS) is 1. The standard InChI is InChI=1S/C21H37N3O12/c1-8(26)15(23-11(4)29)19-16(24-12(5)30)14(31)6-21(36-19,20(33)34)35-18(17(32)9(2)27)13(7-25)22-10(3)28/h8-9,13-19,25-27,31-32H,6-7H2,1-5H3,(H,22,28)(H,23,29)(H,24,30)(H,33,34)/t8-,9-,13+,14-,15-,16-,17+,18-,19-,21+/m0/s1. The van der Waals surface area contributed by atoms with Gasteiger partial charge in [0.15, 0.2) is 0 Å². The summed E-state index contributed by atoms with van der Waals surface area (Å²) < 4.78 is 11.4. The molecule has 0 unspecified atom stereocenters. The number of aliphatic hydroxyl groups is 5. The molecule has 1 aliphatic rings. The Labute approximate surface area is 207 Å². The molecule has 15 heteroatoms. The number of nitrogens with one attached hydrogen (secondary N) is 3. The molecule has 1 aliphatic heterocycles. The summed E-state index contributed by atoms with van der Waals surface area (Å²) >= 11 is 0. The van der Waals surface area contributed by atoms with Crippen molar-refractivity contribution in [3.05, 3.63) is 0 Å². The Balaban J connectivity index is 3.61. The van der Waals surface area contributed by atoms with Crippen molar-refractivity contribution in [3.8, 4) is 0 Å². The highest BCUT2D eigenvalue weighted by atomic mass is 16.7. The Morgan fingerprint density at radius 1 is 1.00 bits per heavy atom. The zero-order chi connectivity index (χ0) is 28.0. The predicted molar refractivity (Wildman–Crippen MR) is 120 cm³/mol. The molecule has 3 amide bonds. The summed E-state index contributed by atoms with van der Waals surface area (Å²) in [5.41, 5.74) is 0. The van der Waals surface area contributed by atoms with E-state index >= 15 is 0 Å². The topological polar surface area (TPSA) is 244 Å². The molecule has 1 rings (SSSR count). The number of aliphatic hydroxyl groups excluding tert-OH is 5. The van der Waals surface area contributed by atoms with Gasteiger partial charge in [0.2, 0.25) is 17.7 Å². The highest BCUT2D eigenvalue weighted by Crippen LogP contribution is 2.35. The molecule has 0 saturated carbocycles. The number of ether oxygens (including phenoxy) is 2. The second kappa shape index (κ2) is 13.2. The second-order valence-corrected chi connectivity index (χ2v) is 8.91. The van der Waals surface area contributed by atoms with E-state index in [0.29, 0.717) is 0 Å². The van der Waals surface area contributed by atoms with Crippen LogP contribution in [-0.2, 0) is 28.7 Å². The van der Waals surface area contributed by atoms with Gasteiger partial charge in [-0.25, -0.2) is 4.79 Å². The molecule has 1 fully saturated rings. The van der Waals surface area contributed by atoms with E-state index in [2.05, 4.69) is 16.0 Å². The number of carbonyl (C=O) groups excluding carboxylic acids is 3. The largest absolute Gasteiger partial charge is 0.477 e. The number of hydrogen-bond donors (Lipinski definition) is 9. The number of aliphatic carboxylic acids is 1. The summed E-state index contributed by atoms with van der Waals surface area (Å²) in [5, 5.41) is 68.6. The maximum Gasteiger partial charge on any atom is 0.364 e. The third-order valence-electron chi connectivity index (χ3n) is 5.65. The first-order chi connectivity index (χ1) is 16.6. The summed E-state index contributed by atoms with van der Waals surface area (Å²) in [6, 6.07) is -4.08. The van der Waals surface area contributed by atoms with Gasteiger partial charge in [-0.15, -0.1) is 0 Å². The van der Waals surface area contributed by atoms with Gasteiger partial charge >= 0.3 is 5.97 Å². The monoisotopic (exact) mass is 523 g/mol. The van der Waals surface area contributed by atoms with E-state index in [-0.39, 0.29) is 0 Å².